The molecule has 0 aliphatic heterocycles. The molecule has 116 valence electrons. The summed E-state index contributed by atoms with van der Waals surface area (Å²) in [6.07, 6.45) is 2.11. The van der Waals surface area contributed by atoms with Gasteiger partial charge in [-0.3, -0.25) is 0 Å². The third-order valence-corrected chi connectivity index (χ3v) is 3.71. The summed E-state index contributed by atoms with van der Waals surface area (Å²) in [5, 5.41) is 22.4. The molecule has 1 aliphatic carbocycles. The van der Waals surface area contributed by atoms with Crippen molar-refractivity contribution in [2.45, 2.75) is 37.5 Å². The summed E-state index contributed by atoms with van der Waals surface area (Å²) in [5.74, 6) is 1.63. The van der Waals surface area contributed by atoms with Crippen molar-refractivity contribution < 1.29 is 14.9 Å². The molecule has 0 spiro atoms. The van der Waals surface area contributed by atoms with Crippen molar-refractivity contribution in [3.63, 3.8) is 0 Å². The maximum absolute atomic E-state index is 9.72. The molecule has 2 aromatic rings. The zero-order valence-corrected chi connectivity index (χ0v) is 12.1. The largest absolute Gasteiger partial charge is 0.439 e. The molecule has 1 unspecified atom stereocenters. The Labute approximate surface area is 128 Å². The van der Waals surface area contributed by atoms with Gasteiger partial charge in [0.25, 0.3) is 0 Å². The van der Waals surface area contributed by atoms with Gasteiger partial charge in [-0.25, -0.2) is 4.98 Å². The van der Waals surface area contributed by atoms with E-state index < -0.39 is 12.2 Å². The van der Waals surface area contributed by atoms with Gasteiger partial charge in [-0.2, -0.15) is 4.98 Å². The fourth-order valence-corrected chi connectivity index (χ4v) is 2.52. The van der Waals surface area contributed by atoms with Gasteiger partial charge in [0.1, 0.15) is 5.75 Å². The zero-order valence-electron chi connectivity index (χ0n) is 12.1. The van der Waals surface area contributed by atoms with Crippen molar-refractivity contribution in [2.24, 2.45) is 0 Å². The quantitative estimate of drug-likeness (QED) is 0.800. The van der Waals surface area contributed by atoms with Crippen LogP contribution in [0.4, 0.5) is 5.95 Å². The first-order valence-corrected chi connectivity index (χ1v) is 7.39. The number of rotatable bonds is 4. The Hall–Kier alpha value is -2.18. The number of aromatic nitrogens is 2. The third-order valence-electron chi connectivity index (χ3n) is 3.71. The second kappa shape index (κ2) is 6.72. The van der Waals surface area contributed by atoms with Crippen LogP contribution in [-0.2, 0) is 0 Å². The van der Waals surface area contributed by atoms with Gasteiger partial charge in [0.2, 0.25) is 11.8 Å². The predicted octanol–water partition coefficient (Wildman–Crippen LogP) is 1.96. The Balaban J connectivity index is 1.64. The number of nitrogens with one attached hydrogen (secondary N) is 1. The molecule has 1 aliphatic rings. The van der Waals surface area contributed by atoms with Gasteiger partial charge in [0.05, 0.1) is 12.2 Å². The fraction of sp³-hybridized carbons (Fsp3) is 0.375. The van der Waals surface area contributed by atoms with Crippen molar-refractivity contribution in [3.8, 4) is 11.6 Å². The van der Waals surface area contributed by atoms with Crippen LogP contribution >= 0.6 is 0 Å². The first kappa shape index (κ1) is 14.7. The molecule has 3 atom stereocenters. The summed E-state index contributed by atoms with van der Waals surface area (Å²) < 4.78 is 5.67. The van der Waals surface area contributed by atoms with E-state index >= 15 is 0 Å². The Morgan fingerprint density at radius 1 is 1.05 bits per heavy atom. The SMILES string of the molecule is O[C@@H]1CCC(Nc2nccc(Oc3ccccc3)n2)C[C@@H]1O. The summed E-state index contributed by atoms with van der Waals surface area (Å²) in [4.78, 5) is 8.49. The average molecular weight is 301 g/mol. The molecule has 6 heteroatoms. The van der Waals surface area contributed by atoms with E-state index in [9.17, 15) is 10.2 Å². The number of hydrogen-bond acceptors (Lipinski definition) is 6. The molecular weight excluding hydrogens is 282 g/mol. The van der Waals surface area contributed by atoms with Crippen LogP contribution in [0.1, 0.15) is 19.3 Å². The number of anilines is 1. The lowest BCUT2D eigenvalue weighted by Gasteiger charge is -2.30. The van der Waals surface area contributed by atoms with Crippen LogP contribution in [0.3, 0.4) is 0 Å². The van der Waals surface area contributed by atoms with Gasteiger partial charge in [-0.15, -0.1) is 0 Å². The number of aliphatic hydroxyl groups excluding tert-OH is 2. The van der Waals surface area contributed by atoms with Crippen LogP contribution in [0.15, 0.2) is 42.6 Å². The van der Waals surface area contributed by atoms with E-state index in [1.807, 2.05) is 30.3 Å². The molecule has 6 nitrogen and oxygen atoms in total. The normalized spacial score (nSPS) is 24.7. The molecule has 1 fully saturated rings. The molecule has 0 amide bonds. The minimum atomic E-state index is -0.699. The second-order valence-corrected chi connectivity index (χ2v) is 5.42. The molecule has 22 heavy (non-hydrogen) atoms. The third kappa shape index (κ3) is 3.72. The Bertz CT molecular complexity index is 609. The number of ether oxygens (including phenoxy) is 1. The van der Waals surface area contributed by atoms with E-state index in [0.717, 1.165) is 6.42 Å². The van der Waals surface area contributed by atoms with Crippen LogP contribution < -0.4 is 10.1 Å². The van der Waals surface area contributed by atoms with E-state index in [1.54, 1.807) is 12.3 Å². The summed E-state index contributed by atoms with van der Waals surface area (Å²) in [7, 11) is 0. The second-order valence-electron chi connectivity index (χ2n) is 5.42. The van der Waals surface area contributed by atoms with Crippen molar-refractivity contribution in [1.29, 1.82) is 0 Å². The molecule has 0 saturated heterocycles. The summed E-state index contributed by atoms with van der Waals surface area (Å²) in [5.41, 5.74) is 0. The highest BCUT2D eigenvalue weighted by molar-refractivity contribution is 5.32. The molecule has 3 N–H and O–H groups in total. The topological polar surface area (TPSA) is 87.5 Å². The van der Waals surface area contributed by atoms with Crippen LogP contribution in [0.5, 0.6) is 11.6 Å². The Kier molecular flexibility index (Phi) is 4.50. The molecule has 3 rings (SSSR count). The molecule has 1 heterocycles. The van der Waals surface area contributed by atoms with Gasteiger partial charge in [0, 0.05) is 18.3 Å². The number of hydrogen-bond donors (Lipinski definition) is 3. The van der Waals surface area contributed by atoms with Crippen molar-refractivity contribution in [3.05, 3.63) is 42.6 Å². The zero-order chi connectivity index (χ0) is 15.4. The summed E-state index contributed by atoms with van der Waals surface area (Å²) >= 11 is 0. The highest BCUT2D eigenvalue weighted by atomic mass is 16.5. The molecule has 1 aromatic carbocycles. The van der Waals surface area contributed by atoms with Gasteiger partial charge in [-0.05, 0) is 31.4 Å². The number of benzene rings is 1. The number of para-hydroxylation sites is 1. The minimum absolute atomic E-state index is 0.0466. The first-order chi connectivity index (χ1) is 10.7. The molecule has 1 saturated carbocycles. The molecule has 0 radical (unpaired) electrons. The lowest BCUT2D eigenvalue weighted by molar-refractivity contribution is -0.0120. The van der Waals surface area contributed by atoms with E-state index in [2.05, 4.69) is 15.3 Å². The maximum atomic E-state index is 9.72. The van der Waals surface area contributed by atoms with E-state index in [0.29, 0.717) is 30.4 Å². The van der Waals surface area contributed by atoms with Crippen LogP contribution in [0.2, 0.25) is 0 Å². The monoisotopic (exact) mass is 301 g/mol. The Morgan fingerprint density at radius 2 is 1.86 bits per heavy atom. The first-order valence-electron chi connectivity index (χ1n) is 7.39. The van der Waals surface area contributed by atoms with E-state index in [-0.39, 0.29) is 6.04 Å². The van der Waals surface area contributed by atoms with Gasteiger partial charge in [0.15, 0.2) is 0 Å². The highest BCUT2D eigenvalue weighted by Gasteiger charge is 2.27. The van der Waals surface area contributed by atoms with Crippen LogP contribution in [-0.4, -0.2) is 38.4 Å². The summed E-state index contributed by atoms with van der Waals surface area (Å²) in [6.45, 7) is 0. The fourth-order valence-electron chi connectivity index (χ4n) is 2.52. The smallest absolute Gasteiger partial charge is 0.226 e. The molecular formula is C16H19N3O3. The van der Waals surface area contributed by atoms with E-state index in [4.69, 9.17) is 4.74 Å². The van der Waals surface area contributed by atoms with Gasteiger partial charge >= 0.3 is 0 Å². The number of aliphatic hydroxyl groups is 2. The molecule has 1 aromatic heterocycles. The summed E-state index contributed by atoms with van der Waals surface area (Å²) in [6, 6.07) is 11.2. The average Bonchev–Trinajstić information content (AvgIpc) is 2.52. The van der Waals surface area contributed by atoms with Crippen molar-refractivity contribution in [1.82, 2.24) is 9.97 Å². The number of nitrogens with zero attached hydrogens (tertiary/aromatic N) is 2. The van der Waals surface area contributed by atoms with Crippen molar-refractivity contribution in [2.75, 3.05) is 5.32 Å². The van der Waals surface area contributed by atoms with Gasteiger partial charge < -0.3 is 20.3 Å². The van der Waals surface area contributed by atoms with Crippen molar-refractivity contribution >= 4 is 5.95 Å². The van der Waals surface area contributed by atoms with Crippen LogP contribution in [0.25, 0.3) is 0 Å². The van der Waals surface area contributed by atoms with E-state index in [1.165, 1.54) is 0 Å². The highest BCUT2D eigenvalue weighted by Crippen LogP contribution is 2.23. The lowest BCUT2D eigenvalue weighted by Crippen LogP contribution is -2.39. The minimum Gasteiger partial charge on any atom is -0.439 e. The van der Waals surface area contributed by atoms with Gasteiger partial charge in [-0.1, -0.05) is 18.2 Å². The van der Waals surface area contributed by atoms with Crippen LogP contribution in [0, 0.1) is 0 Å². The predicted molar refractivity (Wildman–Crippen MR) is 81.8 cm³/mol. The standard InChI is InChI=1S/C16H19N3O3/c20-13-7-6-11(10-14(13)21)18-16-17-9-8-15(19-16)22-12-4-2-1-3-5-12/h1-5,8-9,11,13-14,20-21H,6-7,10H2,(H,17,18,19)/t11?,13-,14+/m1/s1. The molecule has 0 bridgehead atoms. The maximum Gasteiger partial charge on any atom is 0.226 e. The Morgan fingerprint density at radius 3 is 2.64 bits per heavy atom. The lowest BCUT2D eigenvalue weighted by atomic mass is 9.91.